The van der Waals surface area contributed by atoms with Gasteiger partial charge in [-0.15, -0.1) is 0 Å². The van der Waals surface area contributed by atoms with Gasteiger partial charge < -0.3 is 14.3 Å². The number of furan rings is 1. The van der Waals surface area contributed by atoms with Crippen molar-refractivity contribution in [2.24, 2.45) is 0 Å². The Balaban J connectivity index is 1.69. The average molecular weight is 358 g/mol. The molecule has 0 saturated heterocycles. The molecule has 1 amide bonds. The Bertz CT molecular complexity index is 1170. The van der Waals surface area contributed by atoms with Crippen molar-refractivity contribution in [1.82, 2.24) is 9.88 Å². The van der Waals surface area contributed by atoms with E-state index < -0.39 is 0 Å². The van der Waals surface area contributed by atoms with Crippen LogP contribution in [0.25, 0.3) is 21.9 Å². The molecule has 4 rings (SSSR count). The number of aromatic nitrogens is 1. The Labute approximate surface area is 155 Å². The van der Waals surface area contributed by atoms with Gasteiger partial charge in [0.05, 0.1) is 19.1 Å². The molecule has 0 fully saturated rings. The fourth-order valence-electron chi connectivity index (χ4n) is 3.17. The molecule has 0 radical (unpaired) electrons. The minimum atomic E-state index is -0.144. The van der Waals surface area contributed by atoms with Crippen molar-refractivity contribution >= 4 is 16.7 Å². The smallest absolute Gasteiger partial charge is 0.258 e. The van der Waals surface area contributed by atoms with Crippen LogP contribution in [0, 0.1) is 0 Å². The molecule has 0 aliphatic heterocycles. The number of fused-ring (bicyclic) bond motifs is 1. The summed E-state index contributed by atoms with van der Waals surface area (Å²) in [5.74, 6) is -0.144. The van der Waals surface area contributed by atoms with Crippen LogP contribution in [-0.2, 0) is 6.54 Å². The summed E-state index contributed by atoms with van der Waals surface area (Å²) in [5, 5.41) is 4.15. The standard InChI is InChI=1S/C22H18N2O3/c1-23-21(25)18-4-2-3-15(11-18)13-24-9-7-17-12-16(19-8-10-27-14-19)5-6-20(17)22(24)26/h2-12,14H,13H2,1H3,(H,23,25). The molecule has 4 aromatic rings. The molecule has 134 valence electrons. The van der Waals surface area contributed by atoms with Gasteiger partial charge in [0.2, 0.25) is 0 Å². The van der Waals surface area contributed by atoms with Crippen LogP contribution in [-0.4, -0.2) is 17.5 Å². The van der Waals surface area contributed by atoms with Gasteiger partial charge in [0.25, 0.3) is 11.5 Å². The van der Waals surface area contributed by atoms with Gasteiger partial charge in [-0.05, 0) is 52.9 Å². The quantitative estimate of drug-likeness (QED) is 0.605. The molecule has 0 saturated carbocycles. The molecule has 5 nitrogen and oxygen atoms in total. The summed E-state index contributed by atoms with van der Waals surface area (Å²) in [5.41, 5.74) is 3.40. The maximum atomic E-state index is 12.9. The van der Waals surface area contributed by atoms with Crippen LogP contribution in [0.15, 0.2) is 82.5 Å². The zero-order chi connectivity index (χ0) is 18.8. The maximum absolute atomic E-state index is 12.9. The summed E-state index contributed by atoms with van der Waals surface area (Å²) < 4.78 is 6.79. The van der Waals surface area contributed by atoms with Crippen molar-refractivity contribution < 1.29 is 9.21 Å². The molecule has 27 heavy (non-hydrogen) atoms. The lowest BCUT2D eigenvalue weighted by atomic mass is 10.0. The number of carbonyl (C=O) groups is 1. The summed E-state index contributed by atoms with van der Waals surface area (Å²) in [7, 11) is 1.60. The van der Waals surface area contributed by atoms with Crippen molar-refractivity contribution in [3.8, 4) is 11.1 Å². The van der Waals surface area contributed by atoms with Crippen LogP contribution < -0.4 is 10.9 Å². The summed E-state index contributed by atoms with van der Waals surface area (Å²) in [4.78, 5) is 24.7. The largest absolute Gasteiger partial charge is 0.472 e. The summed E-state index contributed by atoms with van der Waals surface area (Å²) in [6.07, 6.45) is 5.10. The molecular weight excluding hydrogens is 340 g/mol. The Morgan fingerprint density at radius 1 is 1.07 bits per heavy atom. The van der Waals surface area contributed by atoms with Gasteiger partial charge >= 0.3 is 0 Å². The lowest BCUT2D eigenvalue weighted by molar-refractivity contribution is 0.0963. The Morgan fingerprint density at radius 3 is 2.74 bits per heavy atom. The lowest BCUT2D eigenvalue weighted by Gasteiger charge is -2.09. The van der Waals surface area contributed by atoms with Crippen LogP contribution in [0.4, 0.5) is 0 Å². The van der Waals surface area contributed by atoms with E-state index in [-0.39, 0.29) is 11.5 Å². The van der Waals surface area contributed by atoms with Gasteiger partial charge in [-0.25, -0.2) is 0 Å². The highest BCUT2D eigenvalue weighted by molar-refractivity contribution is 5.94. The van der Waals surface area contributed by atoms with Crippen LogP contribution in [0.2, 0.25) is 0 Å². The van der Waals surface area contributed by atoms with Crippen molar-refractivity contribution in [1.29, 1.82) is 0 Å². The number of amides is 1. The second kappa shape index (κ2) is 6.96. The highest BCUT2D eigenvalue weighted by atomic mass is 16.3. The predicted octanol–water partition coefficient (Wildman–Crippen LogP) is 3.67. The van der Waals surface area contributed by atoms with Gasteiger partial charge in [0.1, 0.15) is 0 Å². The van der Waals surface area contributed by atoms with Crippen molar-refractivity contribution in [3.63, 3.8) is 0 Å². The highest BCUT2D eigenvalue weighted by Crippen LogP contribution is 2.23. The van der Waals surface area contributed by atoms with E-state index >= 15 is 0 Å². The summed E-state index contributed by atoms with van der Waals surface area (Å²) in [6.45, 7) is 0.406. The molecule has 2 aromatic carbocycles. The third-order valence-corrected chi connectivity index (χ3v) is 4.60. The van der Waals surface area contributed by atoms with E-state index in [1.54, 1.807) is 42.5 Å². The van der Waals surface area contributed by atoms with E-state index in [0.717, 1.165) is 22.1 Å². The first-order valence-electron chi connectivity index (χ1n) is 8.62. The van der Waals surface area contributed by atoms with E-state index in [9.17, 15) is 9.59 Å². The SMILES string of the molecule is CNC(=O)c1cccc(Cn2ccc3cc(-c4ccoc4)ccc3c2=O)c1. The molecule has 0 bridgehead atoms. The molecule has 0 unspecified atom stereocenters. The second-order valence-corrected chi connectivity index (χ2v) is 6.34. The minimum absolute atomic E-state index is 0.0587. The molecule has 0 aliphatic rings. The van der Waals surface area contributed by atoms with Gasteiger partial charge in [-0.1, -0.05) is 18.2 Å². The molecule has 0 atom stereocenters. The zero-order valence-electron chi connectivity index (χ0n) is 14.8. The van der Waals surface area contributed by atoms with Crippen LogP contribution >= 0.6 is 0 Å². The number of carbonyl (C=O) groups excluding carboxylic acids is 1. The maximum Gasteiger partial charge on any atom is 0.258 e. The topological polar surface area (TPSA) is 64.2 Å². The van der Waals surface area contributed by atoms with Crippen molar-refractivity contribution in [2.75, 3.05) is 7.05 Å². The molecule has 2 heterocycles. The Morgan fingerprint density at radius 2 is 1.96 bits per heavy atom. The van der Waals surface area contributed by atoms with Crippen LogP contribution in [0.5, 0.6) is 0 Å². The Kier molecular flexibility index (Phi) is 4.34. The number of pyridine rings is 1. The van der Waals surface area contributed by atoms with Gasteiger partial charge in [0.15, 0.2) is 0 Å². The van der Waals surface area contributed by atoms with E-state index in [0.29, 0.717) is 17.5 Å². The number of rotatable bonds is 4. The molecule has 5 heteroatoms. The van der Waals surface area contributed by atoms with Crippen molar-refractivity contribution in [3.05, 3.63) is 94.8 Å². The van der Waals surface area contributed by atoms with Gasteiger partial charge in [0, 0.05) is 29.8 Å². The van der Waals surface area contributed by atoms with E-state index in [1.807, 2.05) is 42.5 Å². The first-order valence-corrected chi connectivity index (χ1v) is 8.62. The van der Waals surface area contributed by atoms with E-state index in [4.69, 9.17) is 4.42 Å². The van der Waals surface area contributed by atoms with Crippen molar-refractivity contribution in [2.45, 2.75) is 6.54 Å². The number of benzene rings is 2. The first-order chi connectivity index (χ1) is 13.2. The molecule has 2 aromatic heterocycles. The number of nitrogens with zero attached hydrogens (tertiary/aromatic N) is 1. The van der Waals surface area contributed by atoms with Crippen LogP contribution in [0.3, 0.4) is 0 Å². The summed E-state index contributed by atoms with van der Waals surface area (Å²) >= 11 is 0. The first kappa shape index (κ1) is 16.8. The minimum Gasteiger partial charge on any atom is -0.472 e. The predicted molar refractivity (Wildman–Crippen MR) is 105 cm³/mol. The third-order valence-electron chi connectivity index (χ3n) is 4.60. The zero-order valence-corrected chi connectivity index (χ0v) is 14.8. The monoisotopic (exact) mass is 358 g/mol. The summed E-state index contributed by atoms with van der Waals surface area (Å²) in [6, 6.07) is 16.9. The van der Waals surface area contributed by atoms with E-state index in [1.165, 1.54) is 0 Å². The highest BCUT2D eigenvalue weighted by Gasteiger charge is 2.08. The fraction of sp³-hybridized carbons (Fsp3) is 0.0909. The number of hydrogen-bond acceptors (Lipinski definition) is 3. The average Bonchev–Trinajstić information content (AvgIpc) is 3.24. The lowest BCUT2D eigenvalue weighted by Crippen LogP contribution is -2.21. The van der Waals surface area contributed by atoms with Gasteiger partial charge in [-0.2, -0.15) is 0 Å². The second-order valence-electron chi connectivity index (χ2n) is 6.34. The number of hydrogen-bond donors (Lipinski definition) is 1. The fourth-order valence-corrected chi connectivity index (χ4v) is 3.17. The molecule has 1 N–H and O–H groups in total. The Hall–Kier alpha value is -3.60. The molecule has 0 aliphatic carbocycles. The molecular formula is C22H18N2O3. The van der Waals surface area contributed by atoms with Gasteiger partial charge in [-0.3, -0.25) is 9.59 Å². The molecule has 0 spiro atoms. The van der Waals surface area contributed by atoms with E-state index in [2.05, 4.69) is 5.32 Å². The normalized spacial score (nSPS) is 10.9. The third kappa shape index (κ3) is 3.27. The number of nitrogens with one attached hydrogen (secondary N) is 1. The van der Waals surface area contributed by atoms with Crippen LogP contribution in [0.1, 0.15) is 15.9 Å².